The van der Waals surface area contributed by atoms with E-state index in [0.717, 1.165) is 0 Å². The number of H-pyrrole nitrogens is 1. The molecule has 1 aromatic rings. The van der Waals surface area contributed by atoms with E-state index in [9.17, 15) is 5.11 Å². The highest BCUT2D eigenvalue weighted by atomic mass is 16.3. The molecule has 0 radical (unpaired) electrons. The summed E-state index contributed by atoms with van der Waals surface area (Å²) in [6, 6.07) is 1.82. The topological polar surface area (TPSA) is 98.5 Å². The maximum absolute atomic E-state index is 9.64. The molecule has 1 rings (SSSR count). The summed E-state index contributed by atoms with van der Waals surface area (Å²) in [7, 11) is 0. The normalized spacial score (nSPS) is 12.6. The second kappa shape index (κ2) is 3.33. The van der Waals surface area contributed by atoms with Gasteiger partial charge in [-0.3, -0.25) is 0 Å². The summed E-state index contributed by atoms with van der Waals surface area (Å²) in [4.78, 5) is 0. The van der Waals surface area contributed by atoms with Crippen LogP contribution in [0.25, 0.3) is 5.57 Å². The lowest BCUT2D eigenvalue weighted by Crippen LogP contribution is -2.21. The highest BCUT2D eigenvalue weighted by Gasteiger charge is 2.24. The first-order valence-electron chi connectivity index (χ1n) is 3.62. The molecule has 0 saturated carbocycles. The van der Waals surface area contributed by atoms with E-state index in [-0.39, 0.29) is 5.82 Å². The second-order valence-electron chi connectivity index (χ2n) is 2.98. The van der Waals surface area contributed by atoms with Crippen molar-refractivity contribution in [3.63, 3.8) is 0 Å². The van der Waals surface area contributed by atoms with E-state index < -0.39 is 5.60 Å². The van der Waals surface area contributed by atoms with Crippen molar-refractivity contribution in [1.29, 1.82) is 5.26 Å². The molecule has 0 atom stereocenters. The number of tetrazole rings is 1. The number of nitrogens with one attached hydrogen (secondary N) is 1. The van der Waals surface area contributed by atoms with Crippen LogP contribution >= 0.6 is 0 Å². The number of hydrogen-bond donors (Lipinski definition) is 2. The fourth-order valence-electron chi connectivity index (χ4n) is 0.855. The summed E-state index contributed by atoms with van der Waals surface area (Å²) in [6.45, 7) is 3.10. The average molecular weight is 179 g/mol. The molecule has 13 heavy (non-hydrogen) atoms. The van der Waals surface area contributed by atoms with Gasteiger partial charge in [0.2, 0.25) is 5.82 Å². The Morgan fingerprint density at radius 2 is 2.38 bits per heavy atom. The van der Waals surface area contributed by atoms with E-state index in [1.54, 1.807) is 13.8 Å². The lowest BCUT2D eigenvalue weighted by molar-refractivity contribution is 0.143. The lowest BCUT2D eigenvalue weighted by atomic mass is 9.97. The SMILES string of the molecule is CC(C)(O)C(=CC#N)c1nn[nH]n1. The van der Waals surface area contributed by atoms with E-state index in [1.165, 1.54) is 6.08 Å². The molecule has 6 heteroatoms. The van der Waals surface area contributed by atoms with Gasteiger partial charge < -0.3 is 5.11 Å². The van der Waals surface area contributed by atoms with Crippen LogP contribution in [0.4, 0.5) is 0 Å². The van der Waals surface area contributed by atoms with E-state index in [4.69, 9.17) is 5.26 Å². The molecule has 1 aromatic heterocycles. The van der Waals surface area contributed by atoms with Crippen LogP contribution in [-0.4, -0.2) is 31.3 Å². The second-order valence-corrected chi connectivity index (χ2v) is 2.98. The first kappa shape index (κ1) is 9.35. The quantitative estimate of drug-likeness (QED) is 0.616. The third-order valence-electron chi connectivity index (χ3n) is 1.45. The molecular formula is C7H9N5O. The predicted molar refractivity (Wildman–Crippen MR) is 44.1 cm³/mol. The third-order valence-corrected chi connectivity index (χ3v) is 1.45. The Morgan fingerprint density at radius 3 is 2.77 bits per heavy atom. The summed E-state index contributed by atoms with van der Waals surface area (Å²) in [6.07, 6.45) is 1.20. The molecule has 0 spiro atoms. The van der Waals surface area contributed by atoms with Gasteiger partial charge in [0.15, 0.2) is 0 Å². The molecule has 0 bridgehead atoms. The third kappa shape index (κ3) is 2.10. The standard InChI is InChI=1S/C7H9N5O/c1-7(2,13)5(3-4-8)6-9-11-12-10-6/h3,13H,1-2H3,(H,9,10,11,12). The Kier molecular flexibility index (Phi) is 2.39. The number of nitrogens with zero attached hydrogens (tertiary/aromatic N) is 4. The van der Waals surface area contributed by atoms with Crippen LogP contribution in [0.15, 0.2) is 6.08 Å². The molecule has 1 heterocycles. The van der Waals surface area contributed by atoms with Crippen molar-refractivity contribution in [3.8, 4) is 6.07 Å². The summed E-state index contributed by atoms with van der Waals surface area (Å²) < 4.78 is 0. The van der Waals surface area contributed by atoms with Crippen LogP contribution in [0.3, 0.4) is 0 Å². The van der Waals surface area contributed by atoms with Gasteiger partial charge in [-0.1, -0.05) is 0 Å². The Morgan fingerprint density at radius 1 is 1.69 bits per heavy atom. The Bertz CT molecular complexity index is 340. The number of nitriles is 1. The summed E-state index contributed by atoms with van der Waals surface area (Å²) in [5.74, 6) is 0.231. The van der Waals surface area contributed by atoms with Crippen molar-refractivity contribution in [3.05, 3.63) is 11.9 Å². The summed E-state index contributed by atoms with van der Waals surface area (Å²) in [5.41, 5.74) is -0.816. The maximum atomic E-state index is 9.64. The molecule has 0 aliphatic rings. The highest BCUT2D eigenvalue weighted by molar-refractivity contribution is 5.67. The smallest absolute Gasteiger partial charge is 0.204 e. The molecule has 0 fully saturated rings. The number of aliphatic hydroxyl groups is 1. The van der Waals surface area contributed by atoms with Gasteiger partial charge in [-0.2, -0.15) is 10.5 Å². The Hall–Kier alpha value is -1.74. The molecule has 0 unspecified atom stereocenters. The van der Waals surface area contributed by atoms with Gasteiger partial charge >= 0.3 is 0 Å². The number of aromatic amines is 1. The average Bonchev–Trinajstić information content (AvgIpc) is 2.49. The summed E-state index contributed by atoms with van der Waals surface area (Å²) >= 11 is 0. The fourth-order valence-corrected chi connectivity index (χ4v) is 0.855. The van der Waals surface area contributed by atoms with Gasteiger partial charge in [0.1, 0.15) is 0 Å². The molecule has 0 aromatic carbocycles. The van der Waals surface area contributed by atoms with Crippen molar-refractivity contribution in [2.24, 2.45) is 0 Å². The van der Waals surface area contributed by atoms with Crippen LogP contribution < -0.4 is 0 Å². The minimum absolute atomic E-state index is 0.231. The zero-order valence-electron chi connectivity index (χ0n) is 7.31. The zero-order valence-corrected chi connectivity index (χ0v) is 7.31. The van der Waals surface area contributed by atoms with Crippen LogP contribution in [0, 0.1) is 11.3 Å². The minimum atomic E-state index is -1.15. The molecule has 0 saturated heterocycles. The molecule has 0 amide bonds. The number of allylic oxidation sites excluding steroid dienone is 1. The highest BCUT2D eigenvalue weighted by Crippen LogP contribution is 2.22. The lowest BCUT2D eigenvalue weighted by Gasteiger charge is -2.17. The van der Waals surface area contributed by atoms with E-state index in [0.29, 0.717) is 5.57 Å². The van der Waals surface area contributed by atoms with Crippen molar-refractivity contribution in [1.82, 2.24) is 20.6 Å². The van der Waals surface area contributed by atoms with Gasteiger partial charge in [-0.25, -0.2) is 0 Å². The van der Waals surface area contributed by atoms with Gasteiger partial charge in [0.05, 0.1) is 11.7 Å². The predicted octanol–water partition coefficient (Wildman–Crippen LogP) is -0.122. The van der Waals surface area contributed by atoms with Crippen LogP contribution in [-0.2, 0) is 0 Å². The Balaban J connectivity index is 3.11. The number of rotatable bonds is 2. The van der Waals surface area contributed by atoms with Crippen LogP contribution in [0.5, 0.6) is 0 Å². The zero-order chi connectivity index (χ0) is 9.90. The van der Waals surface area contributed by atoms with Crippen molar-refractivity contribution >= 4 is 5.57 Å². The molecule has 2 N–H and O–H groups in total. The first-order valence-corrected chi connectivity index (χ1v) is 3.62. The maximum Gasteiger partial charge on any atom is 0.204 e. The minimum Gasteiger partial charge on any atom is -0.386 e. The molecular weight excluding hydrogens is 170 g/mol. The largest absolute Gasteiger partial charge is 0.386 e. The van der Waals surface area contributed by atoms with Crippen molar-refractivity contribution in [2.75, 3.05) is 0 Å². The fraction of sp³-hybridized carbons (Fsp3) is 0.429. The van der Waals surface area contributed by atoms with Gasteiger partial charge in [0.25, 0.3) is 0 Å². The van der Waals surface area contributed by atoms with Crippen molar-refractivity contribution < 1.29 is 5.11 Å². The van der Waals surface area contributed by atoms with E-state index in [2.05, 4.69) is 20.6 Å². The molecule has 6 nitrogen and oxygen atoms in total. The van der Waals surface area contributed by atoms with Gasteiger partial charge in [-0.05, 0) is 19.1 Å². The van der Waals surface area contributed by atoms with Crippen LogP contribution in [0.1, 0.15) is 19.7 Å². The van der Waals surface area contributed by atoms with Gasteiger partial charge in [-0.15, -0.1) is 10.2 Å². The Labute approximate surface area is 74.9 Å². The van der Waals surface area contributed by atoms with Crippen LogP contribution in [0.2, 0.25) is 0 Å². The number of aromatic nitrogens is 4. The molecule has 0 aliphatic heterocycles. The van der Waals surface area contributed by atoms with Gasteiger partial charge in [0, 0.05) is 11.6 Å². The summed E-state index contributed by atoms with van der Waals surface area (Å²) in [5, 5.41) is 31.1. The van der Waals surface area contributed by atoms with Crippen molar-refractivity contribution in [2.45, 2.75) is 19.4 Å². The molecule has 0 aliphatic carbocycles. The molecule has 68 valence electrons. The first-order chi connectivity index (χ1) is 6.05. The number of hydrogen-bond acceptors (Lipinski definition) is 5. The van der Waals surface area contributed by atoms with E-state index >= 15 is 0 Å². The monoisotopic (exact) mass is 179 g/mol. The van der Waals surface area contributed by atoms with E-state index in [1.807, 2.05) is 6.07 Å².